The van der Waals surface area contributed by atoms with E-state index in [1.165, 1.54) is 0 Å². The number of aliphatic hydroxyl groups excluding tert-OH is 1. The number of benzene rings is 1. The summed E-state index contributed by atoms with van der Waals surface area (Å²) >= 11 is 0. The fourth-order valence-corrected chi connectivity index (χ4v) is 1.94. The summed E-state index contributed by atoms with van der Waals surface area (Å²) in [6.45, 7) is 4.07. The van der Waals surface area contributed by atoms with Crippen molar-refractivity contribution in [3.63, 3.8) is 0 Å². The van der Waals surface area contributed by atoms with Gasteiger partial charge in [-0.1, -0.05) is 29.3 Å². The molecular formula is C13H16N2O. The Morgan fingerprint density at radius 3 is 2.25 bits per heavy atom. The van der Waals surface area contributed by atoms with Crippen molar-refractivity contribution >= 4 is 0 Å². The second-order valence-electron chi connectivity index (χ2n) is 4.27. The Bertz CT molecular complexity index is 482. The minimum Gasteiger partial charge on any atom is -0.384 e. The Morgan fingerprint density at radius 2 is 1.75 bits per heavy atom. The molecule has 0 bridgehead atoms. The molecule has 1 unspecified atom stereocenters. The Kier molecular flexibility index (Phi) is 2.79. The molecule has 2 rings (SSSR count). The maximum Gasteiger partial charge on any atom is 0.107 e. The fourth-order valence-electron chi connectivity index (χ4n) is 1.94. The molecule has 3 nitrogen and oxygen atoms in total. The van der Waals surface area contributed by atoms with Gasteiger partial charge in [0.05, 0.1) is 6.20 Å². The summed E-state index contributed by atoms with van der Waals surface area (Å²) in [7, 11) is 1.84. The van der Waals surface area contributed by atoms with Crippen molar-refractivity contribution < 1.29 is 5.11 Å². The molecule has 84 valence electrons. The molecule has 2 aromatic rings. The number of hydrogen-bond donors (Lipinski definition) is 1. The summed E-state index contributed by atoms with van der Waals surface area (Å²) in [5.74, 6) is 0. The van der Waals surface area contributed by atoms with Crippen LogP contribution in [0.3, 0.4) is 0 Å². The molecule has 16 heavy (non-hydrogen) atoms. The Balaban J connectivity index is 2.37. The van der Waals surface area contributed by atoms with Crippen LogP contribution < -0.4 is 0 Å². The maximum atomic E-state index is 10.2. The van der Waals surface area contributed by atoms with Gasteiger partial charge in [0.15, 0.2) is 0 Å². The largest absolute Gasteiger partial charge is 0.384 e. The van der Waals surface area contributed by atoms with E-state index < -0.39 is 6.10 Å². The van der Waals surface area contributed by atoms with Crippen LogP contribution in [0, 0.1) is 13.8 Å². The van der Waals surface area contributed by atoms with Gasteiger partial charge >= 0.3 is 0 Å². The van der Waals surface area contributed by atoms with E-state index in [9.17, 15) is 5.11 Å². The summed E-state index contributed by atoms with van der Waals surface area (Å²) in [4.78, 5) is 0. The lowest BCUT2D eigenvalue weighted by molar-refractivity contribution is 0.220. The summed E-state index contributed by atoms with van der Waals surface area (Å²) < 4.78 is 1.70. The Hall–Kier alpha value is -1.61. The van der Waals surface area contributed by atoms with Crippen LogP contribution in [-0.2, 0) is 7.05 Å². The molecule has 1 aromatic carbocycles. The molecule has 0 fully saturated rings. The molecule has 1 aromatic heterocycles. The standard InChI is InChI=1S/C13H16N2O/c1-9-4-10(2)6-11(5-9)13(16)12-7-14-15(3)8-12/h4-8,13,16H,1-3H3. The van der Waals surface area contributed by atoms with Gasteiger partial charge in [0.25, 0.3) is 0 Å². The predicted octanol–water partition coefficient (Wildman–Crippen LogP) is 2.12. The van der Waals surface area contributed by atoms with Crippen molar-refractivity contribution in [2.45, 2.75) is 20.0 Å². The van der Waals surface area contributed by atoms with Gasteiger partial charge in [-0.2, -0.15) is 5.10 Å². The average Bonchev–Trinajstić information content (AvgIpc) is 2.62. The normalized spacial score (nSPS) is 12.8. The second kappa shape index (κ2) is 4.10. The first-order chi connectivity index (χ1) is 7.56. The van der Waals surface area contributed by atoms with E-state index in [-0.39, 0.29) is 0 Å². The summed E-state index contributed by atoms with van der Waals surface area (Å²) in [6, 6.07) is 6.11. The maximum absolute atomic E-state index is 10.2. The Morgan fingerprint density at radius 1 is 1.12 bits per heavy atom. The van der Waals surface area contributed by atoms with E-state index in [1.54, 1.807) is 10.9 Å². The van der Waals surface area contributed by atoms with Crippen molar-refractivity contribution in [1.29, 1.82) is 0 Å². The zero-order chi connectivity index (χ0) is 11.7. The SMILES string of the molecule is Cc1cc(C)cc(C(O)c2cnn(C)c2)c1. The molecule has 0 saturated carbocycles. The predicted molar refractivity (Wildman–Crippen MR) is 63.2 cm³/mol. The molecule has 0 radical (unpaired) electrons. The van der Waals surface area contributed by atoms with Crippen molar-refractivity contribution in [2.75, 3.05) is 0 Å². The number of hydrogen-bond acceptors (Lipinski definition) is 2. The number of nitrogens with zero attached hydrogens (tertiary/aromatic N) is 2. The minimum atomic E-state index is -0.590. The molecule has 1 N–H and O–H groups in total. The van der Waals surface area contributed by atoms with E-state index in [0.29, 0.717) is 0 Å². The first-order valence-electron chi connectivity index (χ1n) is 5.31. The highest BCUT2D eigenvalue weighted by Gasteiger charge is 2.12. The van der Waals surface area contributed by atoms with Gasteiger partial charge in [0.2, 0.25) is 0 Å². The highest BCUT2D eigenvalue weighted by atomic mass is 16.3. The zero-order valence-electron chi connectivity index (χ0n) is 9.81. The van der Waals surface area contributed by atoms with Gasteiger partial charge < -0.3 is 5.11 Å². The molecular weight excluding hydrogens is 200 g/mol. The molecule has 0 spiro atoms. The molecule has 3 heteroatoms. The van der Waals surface area contributed by atoms with Gasteiger partial charge in [-0.25, -0.2) is 0 Å². The highest BCUT2D eigenvalue weighted by Crippen LogP contribution is 2.23. The van der Waals surface area contributed by atoms with Gasteiger partial charge in [-0.05, 0) is 19.4 Å². The van der Waals surface area contributed by atoms with Gasteiger partial charge in [-0.15, -0.1) is 0 Å². The van der Waals surface area contributed by atoms with Crippen molar-refractivity contribution in [2.24, 2.45) is 7.05 Å². The van der Waals surface area contributed by atoms with E-state index >= 15 is 0 Å². The number of aromatic nitrogens is 2. The van der Waals surface area contributed by atoms with Crippen LogP contribution >= 0.6 is 0 Å². The lowest BCUT2D eigenvalue weighted by Gasteiger charge is -2.10. The average molecular weight is 216 g/mol. The monoisotopic (exact) mass is 216 g/mol. The molecule has 0 aliphatic carbocycles. The zero-order valence-corrected chi connectivity index (χ0v) is 9.81. The van der Waals surface area contributed by atoms with Crippen molar-refractivity contribution in [1.82, 2.24) is 9.78 Å². The van der Waals surface area contributed by atoms with Gasteiger partial charge in [-0.3, -0.25) is 4.68 Å². The van der Waals surface area contributed by atoms with Crippen molar-refractivity contribution in [3.8, 4) is 0 Å². The first kappa shape index (κ1) is 10.9. The smallest absolute Gasteiger partial charge is 0.107 e. The van der Waals surface area contributed by atoms with Crippen LogP contribution in [0.25, 0.3) is 0 Å². The third kappa shape index (κ3) is 2.14. The second-order valence-corrected chi connectivity index (χ2v) is 4.27. The van der Waals surface area contributed by atoms with Crippen LogP contribution in [0.2, 0.25) is 0 Å². The number of rotatable bonds is 2. The van der Waals surface area contributed by atoms with Crippen LogP contribution in [-0.4, -0.2) is 14.9 Å². The molecule has 0 saturated heterocycles. The van der Waals surface area contributed by atoms with Gasteiger partial charge in [0.1, 0.15) is 6.10 Å². The first-order valence-corrected chi connectivity index (χ1v) is 5.31. The molecule has 1 atom stereocenters. The summed E-state index contributed by atoms with van der Waals surface area (Å²) in [5.41, 5.74) is 4.08. The topological polar surface area (TPSA) is 38.1 Å². The third-order valence-corrected chi connectivity index (χ3v) is 2.60. The number of aliphatic hydroxyl groups is 1. The van der Waals surface area contributed by atoms with E-state index in [1.807, 2.05) is 39.2 Å². The molecule has 1 heterocycles. The van der Waals surface area contributed by atoms with E-state index in [0.717, 1.165) is 22.3 Å². The van der Waals surface area contributed by atoms with E-state index in [2.05, 4.69) is 11.2 Å². The van der Waals surface area contributed by atoms with Crippen LogP contribution in [0.15, 0.2) is 30.6 Å². The highest BCUT2D eigenvalue weighted by molar-refractivity contribution is 5.34. The fraction of sp³-hybridized carbons (Fsp3) is 0.308. The van der Waals surface area contributed by atoms with Gasteiger partial charge in [0, 0.05) is 18.8 Å². The third-order valence-electron chi connectivity index (χ3n) is 2.60. The van der Waals surface area contributed by atoms with E-state index in [4.69, 9.17) is 0 Å². The molecule has 0 aliphatic rings. The quantitative estimate of drug-likeness (QED) is 0.835. The van der Waals surface area contributed by atoms with Crippen molar-refractivity contribution in [3.05, 3.63) is 52.8 Å². The molecule has 0 amide bonds. The summed E-state index contributed by atoms with van der Waals surface area (Å²) in [5, 5.41) is 14.3. The minimum absolute atomic E-state index is 0.590. The number of aryl methyl sites for hydroxylation is 3. The Labute approximate surface area is 95.3 Å². The lowest BCUT2D eigenvalue weighted by atomic mass is 10.00. The molecule has 0 aliphatic heterocycles. The lowest BCUT2D eigenvalue weighted by Crippen LogP contribution is -1.99. The van der Waals surface area contributed by atoms with Crippen LogP contribution in [0.4, 0.5) is 0 Å². The van der Waals surface area contributed by atoms with Crippen LogP contribution in [0.5, 0.6) is 0 Å². The van der Waals surface area contributed by atoms with Crippen LogP contribution in [0.1, 0.15) is 28.4 Å². The summed E-state index contributed by atoms with van der Waals surface area (Å²) in [6.07, 6.45) is 2.94.